The highest BCUT2D eigenvalue weighted by atomic mass is 16.1. The number of nitrogens with one attached hydrogen (secondary N) is 2. The van der Waals surface area contributed by atoms with Gasteiger partial charge in [0, 0.05) is 23.0 Å². The van der Waals surface area contributed by atoms with E-state index in [-0.39, 0.29) is 5.78 Å². The highest BCUT2D eigenvalue weighted by Crippen LogP contribution is 2.38. The number of ketones is 1. The van der Waals surface area contributed by atoms with E-state index in [4.69, 9.17) is 0 Å². The first kappa shape index (κ1) is 17.1. The van der Waals surface area contributed by atoms with Gasteiger partial charge in [-0.2, -0.15) is 0 Å². The lowest BCUT2D eigenvalue weighted by atomic mass is 9.81. The van der Waals surface area contributed by atoms with Crippen LogP contribution < -0.4 is 10.6 Å². The van der Waals surface area contributed by atoms with Gasteiger partial charge >= 0.3 is 0 Å². The molecule has 1 aliphatic rings. The molecule has 0 fully saturated rings. The Kier molecular flexibility index (Phi) is 4.28. The molecule has 0 bridgehead atoms. The Morgan fingerprint density at radius 1 is 0.778 bits per heavy atom. The summed E-state index contributed by atoms with van der Waals surface area (Å²) in [6, 6.07) is 22.0. The van der Waals surface area contributed by atoms with Gasteiger partial charge in [-0.15, -0.1) is 0 Å². The largest absolute Gasteiger partial charge is 0.383 e. The Hall–Kier alpha value is -3.33. The second kappa shape index (κ2) is 6.76. The summed E-state index contributed by atoms with van der Waals surface area (Å²) in [7, 11) is 0. The quantitative estimate of drug-likeness (QED) is 0.482. The molecule has 27 heavy (non-hydrogen) atoms. The maximum Gasteiger partial charge on any atom is 0.196 e. The van der Waals surface area contributed by atoms with E-state index in [1.165, 1.54) is 0 Å². The normalized spacial score (nSPS) is 12.6. The number of anilines is 3. The molecular weight excluding hydrogens is 332 g/mol. The fraction of sp³-hybridized carbons (Fsp3) is 0.125. The summed E-state index contributed by atoms with van der Waals surface area (Å²) in [4.78, 5) is 13.1. The lowest BCUT2D eigenvalue weighted by Gasteiger charge is -2.23. The van der Waals surface area contributed by atoms with E-state index in [2.05, 4.69) is 31.1 Å². The van der Waals surface area contributed by atoms with Gasteiger partial charge in [-0.1, -0.05) is 43.0 Å². The molecule has 3 nitrogen and oxygen atoms in total. The number of hydrogen-bond donors (Lipinski definition) is 2. The number of carbonyl (C=O) groups is 1. The molecule has 0 saturated carbocycles. The van der Waals surface area contributed by atoms with E-state index in [0.29, 0.717) is 17.2 Å². The van der Waals surface area contributed by atoms with Gasteiger partial charge in [0.25, 0.3) is 0 Å². The molecule has 0 aliphatic heterocycles. The Morgan fingerprint density at radius 2 is 1.41 bits per heavy atom. The molecule has 1 aliphatic carbocycles. The van der Waals surface area contributed by atoms with Crippen LogP contribution in [0.2, 0.25) is 0 Å². The molecule has 2 N–H and O–H groups in total. The number of hydrogen-bond acceptors (Lipinski definition) is 3. The molecule has 0 unspecified atom stereocenters. The number of rotatable bonds is 4. The maximum absolute atomic E-state index is 13.1. The third-order valence-corrected chi connectivity index (χ3v) is 4.73. The molecule has 0 radical (unpaired) electrons. The summed E-state index contributed by atoms with van der Waals surface area (Å²) in [6.45, 7) is 8.45. The summed E-state index contributed by atoms with van der Waals surface area (Å²) >= 11 is 0. The van der Waals surface area contributed by atoms with Crippen LogP contribution in [-0.4, -0.2) is 11.8 Å². The van der Waals surface area contributed by atoms with Gasteiger partial charge in [-0.05, 0) is 60.9 Å². The third-order valence-electron chi connectivity index (χ3n) is 4.73. The molecule has 134 valence electrons. The molecule has 0 amide bonds. The SMILES string of the molecule is C=C1c2ccccc2C(=O)c2c(Nc3ccc(NC(C)C)cc3)cccc21. The van der Waals surface area contributed by atoms with E-state index >= 15 is 0 Å². The second-order valence-electron chi connectivity index (χ2n) is 7.08. The topological polar surface area (TPSA) is 41.1 Å². The predicted molar refractivity (Wildman–Crippen MR) is 113 cm³/mol. The fourth-order valence-electron chi connectivity index (χ4n) is 3.52. The van der Waals surface area contributed by atoms with Gasteiger partial charge in [-0.3, -0.25) is 4.79 Å². The first-order valence-electron chi connectivity index (χ1n) is 9.14. The number of fused-ring (bicyclic) bond motifs is 2. The Balaban J connectivity index is 1.70. The summed E-state index contributed by atoms with van der Waals surface area (Å²) in [5.41, 5.74) is 6.90. The van der Waals surface area contributed by atoms with Gasteiger partial charge in [0.05, 0.1) is 11.3 Å². The van der Waals surface area contributed by atoms with Crippen LogP contribution in [0.1, 0.15) is 40.9 Å². The molecule has 0 spiro atoms. The van der Waals surface area contributed by atoms with Crippen molar-refractivity contribution in [3.8, 4) is 0 Å². The van der Waals surface area contributed by atoms with Gasteiger partial charge in [0.1, 0.15) is 0 Å². The van der Waals surface area contributed by atoms with E-state index in [9.17, 15) is 4.79 Å². The van der Waals surface area contributed by atoms with Crippen molar-refractivity contribution < 1.29 is 4.79 Å². The van der Waals surface area contributed by atoms with E-state index in [1.54, 1.807) is 0 Å². The smallest absolute Gasteiger partial charge is 0.196 e. The number of carbonyl (C=O) groups excluding carboxylic acids is 1. The second-order valence-corrected chi connectivity index (χ2v) is 7.08. The monoisotopic (exact) mass is 354 g/mol. The fourth-order valence-corrected chi connectivity index (χ4v) is 3.52. The first-order valence-corrected chi connectivity index (χ1v) is 9.14. The lowest BCUT2D eigenvalue weighted by molar-refractivity contribution is 0.103. The average molecular weight is 354 g/mol. The van der Waals surface area contributed by atoms with Crippen LogP contribution in [0.25, 0.3) is 5.57 Å². The summed E-state index contributed by atoms with van der Waals surface area (Å²) < 4.78 is 0. The molecule has 0 heterocycles. The van der Waals surface area contributed by atoms with E-state index in [1.807, 2.05) is 66.7 Å². The maximum atomic E-state index is 13.1. The van der Waals surface area contributed by atoms with Crippen molar-refractivity contribution in [3.05, 3.63) is 95.6 Å². The Bertz CT molecular complexity index is 1030. The molecule has 4 rings (SSSR count). The van der Waals surface area contributed by atoms with Gasteiger partial charge in [-0.25, -0.2) is 0 Å². The summed E-state index contributed by atoms with van der Waals surface area (Å²) in [5.74, 6) is 0.0363. The molecule has 0 aromatic heterocycles. The molecular formula is C24H22N2O. The third kappa shape index (κ3) is 3.13. The zero-order chi connectivity index (χ0) is 19.0. The standard InChI is InChI=1S/C24H22N2O/c1-15(2)25-17-11-13-18(14-12-17)26-22-10-6-9-20-16(3)19-7-4-5-8-21(19)24(27)23(20)22/h4-15,25-26H,3H2,1-2H3. The van der Waals surface area contributed by atoms with E-state index in [0.717, 1.165) is 33.8 Å². The summed E-state index contributed by atoms with van der Waals surface area (Å²) in [6.07, 6.45) is 0. The van der Waals surface area contributed by atoms with E-state index < -0.39 is 0 Å². The van der Waals surface area contributed by atoms with Crippen molar-refractivity contribution in [3.63, 3.8) is 0 Å². The first-order chi connectivity index (χ1) is 13.0. The Morgan fingerprint density at radius 3 is 2.11 bits per heavy atom. The van der Waals surface area contributed by atoms with Crippen molar-refractivity contribution in [2.24, 2.45) is 0 Å². The molecule has 0 atom stereocenters. The van der Waals surface area contributed by atoms with Crippen molar-refractivity contribution in [2.75, 3.05) is 10.6 Å². The zero-order valence-corrected chi connectivity index (χ0v) is 15.5. The van der Waals surface area contributed by atoms with Crippen LogP contribution in [0.3, 0.4) is 0 Å². The van der Waals surface area contributed by atoms with Gasteiger partial charge < -0.3 is 10.6 Å². The van der Waals surface area contributed by atoms with Gasteiger partial charge in [0.15, 0.2) is 5.78 Å². The highest BCUT2D eigenvalue weighted by Gasteiger charge is 2.27. The minimum Gasteiger partial charge on any atom is -0.383 e. The molecule has 3 aromatic rings. The van der Waals surface area contributed by atoms with Crippen LogP contribution in [-0.2, 0) is 0 Å². The minimum atomic E-state index is 0.0363. The van der Waals surface area contributed by atoms with Crippen LogP contribution in [0.5, 0.6) is 0 Å². The van der Waals surface area contributed by atoms with Crippen molar-refractivity contribution in [1.82, 2.24) is 0 Å². The predicted octanol–water partition coefficient (Wildman–Crippen LogP) is 5.86. The van der Waals surface area contributed by atoms with Gasteiger partial charge in [0.2, 0.25) is 0 Å². The Labute approximate surface area is 159 Å². The lowest BCUT2D eigenvalue weighted by Crippen LogP contribution is -2.16. The van der Waals surface area contributed by atoms with Crippen molar-refractivity contribution >= 4 is 28.4 Å². The summed E-state index contributed by atoms with van der Waals surface area (Å²) in [5, 5.41) is 6.78. The highest BCUT2D eigenvalue weighted by molar-refractivity contribution is 6.21. The zero-order valence-electron chi connectivity index (χ0n) is 15.5. The molecule has 0 saturated heterocycles. The van der Waals surface area contributed by atoms with Crippen LogP contribution >= 0.6 is 0 Å². The van der Waals surface area contributed by atoms with Crippen LogP contribution in [0.4, 0.5) is 17.1 Å². The average Bonchev–Trinajstić information content (AvgIpc) is 2.67. The molecule has 3 aromatic carbocycles. The minimum absolute atomic E-state index is 0.0363. The van der Waals surface area contributed by atoms with Crippen molar-refractivity contribution in [1.29, 1.82) is 0 Å². The van der Waals surface area contributed by atoms with Crippen LogP contribution in [0, 0.1) is 0 Å². The number of benzene rings is 3. The molecule has 3 heteroatoms. The van der Waals surface area contributed by atoms with Crippen LogP contribution in [0.15, 0.2) is 73.3 Å². The van der Waals surface area contributed by atoms with Crippen molar-refractivity contribution in [2.45, 2.75) is 19.9 Å².